The molecule has 9 nitrogen and oxygen atoms in total. The van der Waals surface area contributed by atoms with Crippen molar-refractivity contribution in [2.75, 3.05) is 6.61 Å². The molecule has 2 aromatic carbocycles. The molecule has 0 aliphatic carbocycles. The lowest BCUT2D eigenvalue weighted by molar-refractivity contribution is 0.0216. The van der Waals surface area contributed by atoms with Crippen LogP contribution in [0.4, 0.5) is 0 Å². The lowest BCUT2D eigenvalue weighted by Crippen LogP contribution is -2.32. The van der Waals surface area contributed by atoms with Crippen LogP contribution in [-0.2, 0) is 5.41 Å². The summed E-state index contributed by atoms with van der Waals surface area (Å²) < 4.78 is 12.3. The van der Waals surface area contributed by atoms with Crippen molar-refractivity contribution in [2.24, 2.45) is 21.5 Å². The van der Waals surface area contributed by atoms with Gasteiger partial charge in [-0.3, -0.25) is 10.1 Å². The zero-order valence-corrected chi connectivity index (χ0v) is 22.4. The van der Waals surface area contributed by atoms with Crippen LogP contribution in [0.15, 0.2) is 57.1 Å². The van der Waals surface area contributed by atoms with Gasteiger partial charge in [-0.25, -0.2) is 5.53 Å². The number of nitrogens with zero attached hydrogens (tertiary/aromatic N) is 2. The third kappa shape index (κ3) is 5.83. The van der Waals surface area contributed by atoms with Gasteiger partial charge in [0.25, 0.3) is 11.9 Å². The molecule has 5 N–H and O–H groups in total. The van der Waals surface area contributed by atoms with Crippen molar-refractivity contribution >= 4 is 22.8 Å². The van der Waals surface area contributed by atoms with Gasteiger partial charge in [0.1, 0.15) is 23.7 Å². The lowest BCUT2D eigenvalue weighted by atomic mass is 9.73. The molecule has 0 aliphatic rings. The number of aryl methyl sites for hydroxylation is 1. The van der Waals surface area contributed by atoms with Crippen LogP contribution in [0.2, 0.25) is 0 Å². The average molecular weight is 508 g/mol. The van der Waals surface area contributed by atoms with Gasteiger partial charge in [-0.2, -0.15) is 0 Å². The number of carbonyl (C=O) groups excluding carboxylic acids is 1. The Labute approximate surface area is 217 Å². The van der Waals surface area contributed by atoms with Gasteiger partial charge in [0.15, 0.2) is 0 Å². The SMILES string of the molecule is CCC(CC)(c1ccc(OCC(O)C(C)(C)C)c(C)c1)c1cc2cc(C(=O)NC(N=N)=NN)ccc2o1. The van der Waals surface area contributed by atoms with Gasteiger partial charge in [0.2, 0.25) is 0 Å². The fourth-order valence-corrected chi connectivity index (χ4v) is 4.36. The van der Waals surface area contributed by atoms with Crippen molar-refractivity contribution in [2.45, 2.75) is 65.9 Å². The Hall–Kier alpha value is -3.72. The summed E-state index contributed by atoms with van der Waals surface area (Å²) in [6.07, 6.45) is 1.04. The Balaban J connectivity index is 1.93. The van der Waals surface area contributed by atoms with Gasteiger partial charge >= 0.3 is 0 Å². The van der Waals surface area contributed by atoms with Gasteiger partial charge in [0, 0.05) is 10.9 Å². The van der Waals surface area contributed by atoms with Crippen molar-refractivity contribution in [3.63, 3.8) is 0 Å². The Bertz CT molecular complexity index is 1300. The first kappa shape index (κ1) is 27.9. The highest BCUT2D eigenvalue weighted by atomic mass is 16.5. The summed E-state index contributed by atoms with van der Waals surface area (Å²) in [5, 5.41) is 19.9. The molecule has 198 valence electrons. The fraction of sp³-hybridized carbons (Fsp3) is 0.429. The van der Waals surface area contributed by atoms with E-state index in [4.69, 9.17) is 20.5 Å². The number of guanidine groups is 1. The summed E-state index contributed by atoms with van der Waals surface area (Å²) >= 11 is 0. The molecule has 3 rings (SSSR count). The monoisotopic (exact) mass is 507 g/mol. The third-order valence-electron chi connectivity index (χ3n) is 7.03. The molecule has 9 heteroatoms. The minimum absolute atomic E-state index is 0.227. The maximum atomic E-state index is 12.5. The number of hydrogen-bond donors (Lipinski definition) is 4. The van der Waals surface area contributed by atoms with Crippen LogP contribution in [0.1, 0.15) is 74.7 Å². The number of hydrogen-bond acceptors (Lipinski definition) is 7. The Kier molecular flexibility index (Phi) is 8.38. The van der Waals surface area contributed by atoms with Gasteiger partial charge in [-0.05, 0) is 66.6 Å². The summed E-state index contributed by atoms with van der Waals surface area (Å²) in [6.45, 7) is 12.4. The number of fused-ring (bicyclic) bond motifs is 1. The molecule has 0 bridgehead atoms. The quantitative estimate of drug-likeness (QED) is 0.103. The maximum absolute atomic E-state index is 12.5. The predicted octanol–water partition coefficient (Wildman–Crippen LogP) is 5.62. The topological polar surface area (TPSA) is 146 Å². The molecular weight excluding hydrogens is 470 g/mol. The number of ether oxygens (including phenoxy) is 1. The van der Waals surface area contributed by atoms with Crippen LogP contribution in [-0.4, -0.2) is 29.7 Å². The molecule has 0 spiro atoms. The minimum atomic E-state index is -0.574. The first-order chi connectivity index (χ1) is 17.5. The smallest absolute Gasteiger partial charge is 0.265 e. The highest BCUT2D eigenvalue weighted by Gasteiger charge is 2.35. The standard InChI is InChI=1S/C28H37N5O4/c1-7-28(8-2,20-10-12-21(17(3)13-20)36-16-23(34)27(4,5)6)24-15-19-14-18(9-11-22(19)37-24)25(35)31-26(32-29)33-30/h9-15,23,29,34H,7-8,16,30H2,1-6H3,(H,31,33,35). The van der Waals surface area contributed by atoms with Crippen LogP contribution in [0, 0.1) is 17.9 Å². The Morgan fingerprint density at radius 3 is 2.43 bits per heavy atom. The van der Waals surface area contributed by atoms with E-state index < -0.39 is 12.0 Å². The molecule has 0 saturated heterocycles. The van der Waals surface area contributed by atoms with Crippen molar-refractivity contribution in [1.82, 2.24) is 5.32 Å². The van der Waals surface area contributed by atoms with Crippen LogP contribution in [0.5, 0.6) is 5.75 Å². The molecule has 0 fully saturated rings. The van der Waals surface area contributed by atoms with E-state index >= 15 is 0 Å². The first-order valence-corrected chi connectivity index (χ1v) is 12.4. The molecule has 1 unspecified atom stereocenters. The van der Waals surface area contributed by atoms with E-state index in [0.717, 1.165) is 40.9 Å². The number of rotatable bonds is 8. The van der Waals surface area contributed by atoms with Crippen LogP contribution in [0.25, 0.3) is 11.0 Å². The Morgan fingerprint density at radius 1 is 1.16 bits per heavy atom. The third-order valence-corrected chi connectivity index (χ3v) is 7.03. The van der Waals surface area contributed by atoms with Gasteiger partial charge < -0.3 is 20.1 Å². The van der Waals surface area contributed by atoms with E-state index in [1.807, 2.05) is 39.8 Å². The minimum Gasteiger partial charge on any atom is -0.491 e. The second-order valence-corrected chi connectivity index (χ2v) is 10.3. The number of benzene rings is 2. The predicted molar refractivity (Wildman–Crippen MR) is 144 cm³/mol. The van der Waals surface area contributed by atoms with Crippen molar-refractivity contribution < 1.29 is 19.1 Å². The molecule has 0 radical (unpaired) electrons. The molecule has 37 heavy (non-hydrogen) atoms. The number of aliphatic hydroxyl groups excluding tert-OH is 1. The normalized spacial score (nSPS) is 13.4. The van der Waals surface area contributed by atoms with Crippen molar-refractivity contribution in [3.8, 4) is 5.75 Å². The zero-order valence-electron chi connectivity index (χ0n) is 22.4. The summed E-state index contributed by atoms with van der Waals surface area (Å²) in [5.74, 6) is 5.94. The van der Waals surface area contributed by atoms with Crippen LogP contribution < -0.4 is 15.9 Å². The molecule has 1 aromatic heterocycles. The number of carbonyl (C=O) groups is 1. The van der Waals surface area contributed by atoms with E-state index in [9.17, 15) is 9.90 Å². The van der Waals surface area contributed by atoms with E-state index in [1.165, 1.54) is 0 Å². The van der Waals surface area contributed by atoms with E-state index in [0.29, 0.717) is 11.1 Å². The van der Waals surface area contributed by atoms with E-state index in [-0.39, 0.29) is 23.4 Å². The molecular formula is C28H37N5O4. The number of aliphatic hydroxyl groups is 1. The summed E-state index contributed by atoms with van der Waals surface area (Å²) in [6, 6.07) is 13.2. The highest BCUT2D eigenvalue weighted by molar-refractivity contribution is 6.07. The van der Waals surface area contributed by atoms with Crippen LogP contribution in [0.3, 0.4) is 0 Å². The van der Waals surface area contributed by atoms with Gasteiger partial charge in [-0.1, -0.05) is 46.8 Å². The zero-order chi connectivity index (χ0) is 27.4. The number of nitrogens with two attached hydrogens (primary N) is 1. The highest BCUT2D eigenvalue weighted by Crippen LogP contribution is 2.42. The first-order valence-electron chi connectivity index (χ1n) is 12.4. The largest absolute Gasteiger partial charge is 0.491 e. The summed E-state index contributed by atoms with van der Waals surface area (Å²) in [4.78, 5) is 12.5. The second kappa shape index (κ2) is 11.1. The van der Waals surface area contributed by atoms with Crippen molar-refractivity contribution in [1.29, 1.82) is 5.53 Å². The van der Waals surface area contributed by atoms with Crippen molar-refractivity contribution in [3.05, 3.63) is 64.9 Å². The Morgan fingerprint density at radius 2 is 1.86 bits per heavy atom. The molecule has 0 aliphatic heterocycles. The van der Waals surface area contributed by atoms with Gasteiger partial charge in [-0.15, -0.1) is 10.2 Å². The van der Waals surface area contributed by atoms with E-state index in [2.05, 4.69) is 41.5 Å². The fourth-order valence-electron chi connectivity index (χ4n) is 4.36. The number of hydrazone groups is 1. The molecule has 1 atom stereocenters. The summed E-state index contributed by atoms with van der Waals surface area (Å²) in [7, 11) is 0. The maximum Gasteiger partial charge on any atom is 0.265 e. The number of nitrogens with one attached hydrogen (secondary N) is 2. The second-order valence-electron chi connectivity index (χ2n) is 10.3. The van der Waals surface area contributed by atoms with Gasteiger partial charge in [0.05, 0.1) is 11.5 Å². The number of furan rings is 1. The molecule has 1 amide bonds. The number of amides is 1. The molecule has 3 aromatic rings. The average Bonchev–Trinajstić information content (AvgIpc) is 3.30. The molecule has 0 saturated carbocycles. The summed E-state index contributed by atoms with van der Waals surface area (Å²) in [5.41, 5.74) is 9.50. The lowest BCUT2D eigenvalue weighted by Gasteiger charge is -2.31. The molecule has 1 heterocycles. The van der Waals surface area contributed by atoms with E-state index in [1.54, 1.807) is 18.2 Å². The van der Waals surface area contributed by atoms with Crippen LogP contribution >= 0.6 is 0 Å².